The number of aromatic nitrogens is 4. The number of hydrogen-bond donors (Lipinski definition) is 1. The average molecular weight is 252 g/mol. The zero-order chi connectivity index (χ0) is 12.8. The molecule has 0 radical (unpaired) electrons. The predicted octanol–water partition coefficient (Wildman–Crippen LogP) is 3.02. The van der Waals surface area contributed by atoms with Crippen molar-refractivity contribution in [3.8, 4) is 11.3 Å². The van der Waals surface area contributed by atoms with Crippen molar-refractivity contribution in [3.63, 3.8) is 0 Å². The Morgan fingerprint density at radius 2 is 2.16 bits per heavy atom. The summed E-state index contributed by atoms with van der Waals surface area (Å²) in [5.74, 6) is -0.251. The number of halogens is 1. The molecule has 4 nitrogen and oxygen atoms in total. The number of nitrogens with one attached hydrogen (secondary N) is 1. The molecule has 1 N–H and O–H groups in total. The topological polar surface area (TPSA) is 46.0 Å². The van der Waals surface area contributed by atoms with Crippen LogP contribution in [0.3, 0.4) is 0 Å². The van der Waals surface area contributed by atoms with Gasteiger partial charge >= 0.3 is 0 Å². The van der Waals surface area contributed by atoms with E-state index in [1.165, 1.54) is 12.1 Å². The Morgan fingerprint density at radius 1 is 1.21 bits per heavy atom. The van der Waals surface area contributed by atoms with Crippen LogP contribution in [0.4, 0.5) is 4.39 Å². The minimum absolute atomic E-state index is 0.251. The highest BCUT2D eigenvalue weighted by molar-refractivity contribution is 5.88. The monoisotopic (exact) mass is 252 g/mol. The largest absolute Gasteiger partial charge is 0.354 e. The highest BCUT2D eigenvalue weighted by Gasteiger charge is 2.10. The van der Waals surface area contributed by atoms with Crippen LogP contribution in [-0.2, 0) is 0 Å². The second kappa shape index (κ2) is 3.65. The molecule has 19 heavy (non-hydrogen) atoms. The summed E-state index contributed by atoms with van der Waals surface area (Å²) < 4.78 is 14.9. The zero-order valence-electron chi connectivity index (χ0n) is 9.84. The van der Waals surface area contributed by atoms with Crippen molar-refractivity contribution in [1.29, 1.82) is 0 Å². The van der Waals surface area contributed by atoms with E-state index in [0.29, 0.717) is 0 Å². The molecule has 3 heterocycles. The molecule has 4 rings (SSSR count). The van der Waals surface area contributed by atoms with Crippen molar-refractivity contribution >= 4 is 16.6 Å². The molecule has 0 aliphatic carbocycles. The van der Waals surface area contributed by atoms with E-state index in [0.717, 1.165) is 27.8 Å². The van der Waals surface area contributed by atoms with Crippen molar-refractivity contribution in [2.75, 3.05) is 0 Å². The first-order valence-electron chi connectivity index (χ1n) is 5.88. The fraction of sp³-hybridized carbons (Fsp3) is 0. The van der Waals surface area contributed by atoms with Crippen LogP contribution in [0.25, 0.3) is 27.8 Å². The summed E-state index contributed by atoms with van der Waals surface area (Å²) in [5, 5.41) is 5.21. The lowest BCUT2D eigenvalue weighted by Gasteiger charge is -1.94. The van der Waals surface area contributed by atoms with E-state index in [1.807, 2.05) is 18.3 Å². The first-order chi connectivity index (χ1) is 9.31. The number of aromatic amines is 1. The Kier molecular flexibility index (Phi) is 1.97. The van der Waals surface area contributed by atoms with Gasteiger partial charge in [-0.1, -0.05) is 0 Å². The van der Waals surface area contributed by atoms with E-state index in [4.69, 9.17) is 0 Å². The van der Waals surface area contributed by atoms with E-state index in [1.54, 1.807) is 23.0 Å². The highest BCUT2D eigenvalue weighted by atomic mass is 19.1. The smallest absolute Gasteiger partial charge is 0.164 e. The highest BCUT2D eigenvalue weighted by Crippen LogP contribution is 2.26. The van der Waals surface area contributed by atoms with Crippen molar-refractivity contribution < 1.29 is 4.39 Å². The lowest BCUT2D eigenvalue weighted by molar-refractivity contribution is 0.629. The molecule has 0 saturated heterocycles. The average Bonchev–Trinajstić information content (AvgIpc) is 3.00. The zero-order valence-corrected chi connectivity index (χ0v) is 9.84. The van der Waals surface area contributed by atoms with E-state index in [9.17, 15) is 4.39 Å². The molecule has 4 aromatic rings. The van der Waals surface area contributed by atoms with Crippen molar-refractivity contribution in [2.24, 2.45) is 0 Å². The van der Waals surface area contributed by atoms with Crippen molar-refractivity contribution in [3.05, 3.63) is 54.7 Å². The minimum Gasteiger partial charge on any atom is -0.354 e. The van der Waals surface area contributed by atoms with Crippen LogP contribution in [0.5, 0.6) is 0 Å². The van der Waals surface area contributed by atoms with Crippen LogP contribution in [-0.4, -0.2) is 19.6 Å². The molecule has 0 saturated carbocycles. The van der Waals surface area contributed by atoms with Gasteiger partial charge in [0.1, 0.15) is 5.82 Å². The fourth-order valence-electron chi connectivity index (χ4n) is 2.26. The lowest BCUT2D eigenvalue weighted by atomic mass is 10.2. The van der Waals surface area contributed by atoms with Crippen LogP contribution in [0, 0.1) is 5.82 Å². The van der Waals surface area contributed by atoms with Gasteiger partial charge in [-0.2, -0.15) is 5.10 Å². The summed E-state index contributed by atoms with van der Waals surface area (Å²) in [4.78, 5) is 7.51. The standard InChI is InChI=1S/C14H9FN4/c15-10-3-2-9-6-13(18-12(9)7-10)11-8-17-19-5-1-4-16-14(11)19/h1-8,18H. The first-order valence-corrected chi connectivity index (χ1v) is 5.88. The van der Waals surface area contributed by atoms with E-state index in [2.05, 4.69) is 15.1 Å². The summed E-state index contributed by atoms with van der Waals surface area (Å²) in [5.41, 5.74) is 3.33. The maximum Gasteiger partial charge on any atom is 0.164 e. The maximum atomic E-state index is 13.2. The third-order valence-corrected chi connectivity index (χ3v) is 3.15. The Morgan fingerprint density at radius 3 is 3.11 bits per heavy atom. The molecular weight excluding hydrogens is 243 g/mol. The Balaban J connectivity index is 1.99. The lowest BCUT2D eigenvalue weighted by Crippen LogP contribution is -1.87. The van der Waals surface area contributed by atoms with Crippen molar-refractivity contribution in [2.45, 2.75) is 0 Å². The summed E-state index contributed by atoms with van der Waals surface area (Å²) in [7, 11) is 0. The van der Waals surface area contributed by atoms with Gasteiger partial charge in [-0.05, 0) is 30.3 Å². The number of H-pyrrole nitrogens is 1. The minimum atomic E-state index is -0.251. The predicted molar refractivity (Wildman–Crippen MR) is 70.2 cm³/mol. The van der Waals surface area contributed by atoms with Gasteiger partial charge < -0.3 is 4.98 Å². The number of hydrogen-bond acceptors (Lipinski definition) is 2. The molecule has 0 aliphatic heterocycles. The number of nitrogens with zero attached hydrogens (tertiary/aromatic N) is 3. The second-order valence-corrected chi connectivity index (χ2v) is 4.36. The second-order valence-electron chi connectivity index (χ2n) is 4.36. The van der Waals surface area contributed by atoms with E-state index >= 15 is 0 Å². The van der Waals surface area contributed by atoms with Gasteiger partial charge in [-0.3, -0.25) is 0 Å². The summed E-state index contributed by atoms with van der Waals surface area (Å²) >= 11 is 0. The molecule has 92 valence electrons. The summed E-state index contributed by atoms with van der Waals surface area (Å²) in [6, 6.07) is 8.49. The first kappa shape index (κ1) is 10.3. The van der Waals surface area contributed by atoms with Crippen LogP contribution < -0.4 is 0 Å². The fourth-order valence-corrected chi connectivity index (χ4v) is 2.26. The van der Waals surface area contributed by atoms with Crippen molar-refractivity contribution in [1.82, 2.24) is 19.6 Å². The van der Waals surface area contributed by atoms with Gasteiger partial charge in [0.2, 0.25) is 0 Å². The molecule has 0 atom stereocenters. The number of fused-ring (bicyclic) bond motifs is 2. The van der Waals surface area contributed by atoms with E-state index in [-0.39, 0.29) is 5.82 Å². The van der Waals surface area contributed by atoms with Crippen LogP contribution in [0.2, 0.25) is 0 Å². The van der Waals surface area contributed by atoms with Crippen LogP contribution in [0.15, 0.2) is 48.9 Å². The number of benzene rings is 1. The van der Waals surface area contributed by atoms with Crippen LogP contribution in [0.1, 0.15) is 0 Å². The third-order valence-electron chi connectivity index (χ3n) is 3.15. The van der Waals surface area contributed by atoms with Gasteiger partial charge in [0.05, 0.1) is 17.5 Å². The van der Waals surface area contributed by atoms with Gasteiger partial charge in [0.25, 0.3) is 0 Å². The van der Waals surface area contributed by atoms with Gasteiger partial charge in [0, 0.05) is 23.3 Å². The molecule has 0 fully saturated rings. The Hall–Kier alpha value is -2.69. The molecule has 0 amide bonds. The quantitative estimate of drug-likeness (QED) is 0.566. The molecule has 1 aromatic carbocycles. The molecule has 0 unspecified atom stereocenters. The van der Waals surface area contributed by atoms with Gasteiger partial charge in [-0.25, -0.2) is 13.9 Å². The van der Waals surface area contributed by atoms with Gasteiger partial charge in [-0.15, -0.1) is 0 Å². The maximum absolute atomic E-state index is 13.2. The molecular formula is C14H9FN4. The van der Waals surface area contributed by atoms with Crippen LogP contribution >= 0.6 is 0 Å². The van der Waals surface area contributed by atoms with E-state index < -0.39 is 0 Å². The normalized spacial score (nSPS) is 11.4. The molecule has 0 aliphatic rings. The molecule has 0 spiro atoms. The Bertz CT molecular complexity index is 891. The Labute approximate surface area is 107 Å². The molecule has 0 bridgehead atoms. The summed E-state index contributed by atoms with van der Waals surface area (Å²) in [6.45, 7) is 0. The molecule has 5 heteroatoms. The van der Waals surface area contributed by atoms with Gasteiger partial charge in [0.15, 0.2) is 5.65 Å². The summed E-state index contributed by atoms with van der Waals surface area (Å²) in [6.07, 6.45) is 5.32. The third kappa shape index (κ3) is 1.52. The SMILES string of the molecule is Fc1ccc2cc(-c3cnn4cccnc34)[nH]c2c1. The molecule has 3 aromatic heterocycles. The number of rotatable bonds is 1.